The van der Waals surface area contributed by atoms with Gasteiger partial charge in [-0.3, -0.25) is 14.3 Å². The second-order valence-electron chi connectivity index (χ2n) is 7.89. The minimum atomic E-state index is -3.57. The summed E-state index contributed by atoms with van der Waals surface area (Å²) in [6.45, 7) is 3.96. The highest BCUT2D eigenvalue weighted by Gasteiger charge is 2.32. The van der Waals surface area contributed by atoms with Gasteiger partial charge in [-0.25, -0.2) is 13.4 Å². The summed E-state index contributed by atoms with van der Waals surface area (Å²) >= 11 is 0. The van der Waals surface area contributed by atoms with Crippen LogP contribution in [0.4, 0.5) is 0 Å². The molecule has 0 amide bonds. The van der Waals surface area contributed by atoms with E-state index in [1.54, 1.807) is 49.1 Å². The maximum Gasteiger partial charge on any atom is 0.261 e. The molecule has 1 atom stereocenters. The van der Waals surface area contributed by atoms with Crippen LogP contribution in [-0.4, -0.2) is 60.5 Å². The summed E-state index contributed by atoms with van der Waals surface area (Å²) < 4.78 is 34.4. The van der Waals surface area contributed by atoms with Gasteiger partial charge in [-0.05, 0) is 42.8 Å². The van der Waals surface area contributed by atoms with E-state index in [2.05, 4.69) is 11.8 Å². The van der Waals surface area contributed by atoms with Gasteiger partial charge < -0.3 is 4.74 Å². The van der Waals surface area contributed by atoms with Crippen molar-refractivity contribution in [3.05, 3.63) is 64.7 Å². The molecular formula is C23H28N4O4S. The highest BCUT2D eigenvalue weighted by Crippen LogP contribution is 2.27. The first-order valence-corrected chi connectivity index (χ1v) is 12.1. The molecule has 8 nitrogen and oxygen atoms in total. The van der Waals surface area contributed by atoms with Crippen LogP contribution in [0.5, 0.6) is 5.75 Å². The molecule has 0 saturated carbocycles. The van der Waals surface area contributed by atoms with Crippen molar-refractivity contribution in [3.63, 3.8) is 0 Å². The van der Waals surface area contributed by atoms with Gasteiger partial charge in [0.25, 0.3) is 5.56 Å². The Morgan fingerprint density at radius 2 is 1.69 bits per heavy atom. The maximum atomic E-state index is 13.1. The molecule has 1 aliphatic heterocycles. The predicted octanol–water partition coefficient (Wildman–Crippen LogP) is 2.40. The number of sulfonamides is 1. The van der Waals surface area contributed by atoms with E-state index in [0.29, 0.717) is 48.7 Å². The summed E-state index contributed by atoms with van der Waals surface area (Å²) in [5, 5.41) is 0.601. The Bertz CT molecular complexity index is 1260. The van der Waals surface area contributed by atoms with Gasteiger partial charge in [0, 0.05) is 33.2 Å². The van der Waals surface area contributed by atoms with Gasteiger partial charge in [0.05, 0.1) is 29.0 Å². The summed E-state index contributed by atoms with van der Waals surface area (Å²) in [7, 11) is -0.268. The van der Waals surface area contributed by atoms with Crippen LogP contribution in [0.3, 0.4) is 0 Å². The number of benzene rings is 2. The molecule has 9 heteroatoms. The van der Waals surface area contributed by atoms with E-state index in [1.807, 2.05) is 18.2 Å². The molecule has 1 saturated heterocycles. The average molecular weight is 457 g/mol. The van der Waals surface area contributed by atoms with Crippen molar-refractivity contribution in [3.8, 4) is 5.75 Å². The molecule has 2 aromatic carbocycles. The van der Waals surface area contributed by atoms with Crippen LogP contribution in [0.2, 0.25) is 0 Å². The third-order valence-electron chi connectivity index (χ3n) is 6.11. The molecule has 1 aromatic heterocycles. The lowest BCUT2D eigenvalue weighted by Crippen LogP contribution is -2.50. The maximum absolute atomic E-state index is 13.1. The molecule has 0 radical (unpaired) electrons. The first-order chi connectivity index (χ1) is 15.4. The standard InChI is InChI=1S/C23H28N4O4S/c1-4-21(22-24-20-8-6-5-7-19(20)23(28)25(22)2)26-13-15-27(16-14-26)32(29,30)18-11-9-17(31-3)10-12-18/h5-12,21H,4,13-16H2,1-3H3. The molecule has 32 heavy (non-hydrogen) atoms. The van der Waals surface area contributed by atoms with Gasteiger partial charge >= 0.3 is 0 Å². The third kappa shape index (κ3) is 4.03. The molecular weight excluding hydrogens is 428 g/mol. The van der Waals surface area contributed by atoms with Gasteiger partial charge in [-0.1, -0.05) is 19.1 Å². The number of aromatic nitrogens is 2. The van der Waals surface area contributed by atoms with Crippen LogP contribution in [0, 0.1) is 0 Å². The second kappa shape index (κ2) is 9.01. The van der Waals surface area contributed by atoms with Crippen molar-refractivity contribution in [1.29, 1.82) is 0 Å². The number of nitrogens with zero attached hydrogens (tertiary/aromatic N) is 4. The molecule has 1 unspecified atom stereocenters. The fraction of sp³-hybridized carbons (Fsp3) is 0.391. The molecule has 4 rings (SSSR count). The van der Waals surface area contributed by atoms with Crippen molar-refractivity contribution in [2.24, 2.45) is 7.05 Å². The highest BCUT2D eigenvalue weighted by molar-refractivity contribution is 7.89. The van der Waals surface area contributed by atoms with E-state index in [4.69, 9.17) is 9.72 Å². The van der Waals surface area contributed by atoms with Crippen molar-refractivity contribution in [2.75, 3.05) is 33.3 Å². The van der Waals surface area contributed by atoms with Crippen LogP contribution in [-0.2, 0) is 17.1 Å². The molecule has 0 N–H and O–H groups in total. The molecule has 3 aromatic rings. The molecule has 0 spiro atoms. The first kappa shape index (κ1) is 22.4. The molecule has 1 fully saturated rings. The quantitative estimate of drug-likeness (QED) is 0.566. The fourth-order valence-corrected chi connectivity index (χ4v) is 5.71. The van der Waals surface area contributed by atoms with Gasteiger partial charge in [-0.15, -0.1) is 0 Å². The van der Waals surface area contributed by atoms with E-state index < -0.39 is 10.0 Å². The summed E-state index contributed by atoms with van der Waals surface area (Å²) in [6.07, 6.45) is 0.768. The van der Waals surface area contributed by atoms with Crippen LogP contribution in [0.25, 0.3) is 10.9 Å². The lowest BCUT2D eigenvalue weighted by atomic mass is 10.1. The normalized spacial score (nSPS) is 16.8. The van der Waals surface area contributed by atoms with Crippen LogP contribution < -0.4 is 10.3 Å². The molecule has 1 aliphatic rings. The summed E-state index contributed by atoms with van der Waals surface area (Å²) in [5.74, 6) is 1.33. The van der Waals surface area contributed by atoms with Crippen molar-refractivity contribution >= 4 is 20.9 Å². The number of hydrogen-bond donors (Lipinski definition) is 0. The third-order valence-corrected chi connectivity index (χ3v) is 8.03. The van der Waals surface area contributed by atoms with E-state index in [0.717, 1.165) is 6.42 Å². The lowest BCUT2D eigenvalue weighted by Gasteiger charge is -2.38. The van der Waals surface area contributed by atoms with Gasteiger partial charge in [0.1, 0.15) is 11.6 Å². The zero-order valence-corrected chi connectivity index (χ0v) is 19.4. The van der Waals surface area contributed by atoms with Gasteiger partial charge in [0.15, 0.2) is 0 Å². The monoisotopic (exact) mass is 456 g/mol. The fourth-order valence-electron chi connectivity index (χ4n) is 4.29. The van der Waals surface area contributed by atoms with Crippen molar-refractivity contribution in [1.82, 2.24) is 18.8 Å². The number of ether oxygens (including phenoxy) is 1. The summed E-state index contributed by atoms with van der Waals surface area (Å²) in [5.41, 5.74) is 0.620. The number of piperazine rings is 1. The van der Waals surface area contributed by atoms with Crippen LogP contribution in [0.1, 0.15) is 25.2 Å². The molecule has 170 valence electrons. The zero-order chi connectivity index (χ0) is 22.9. The minimum absolute atomic E-state index is 0.0650. The first-order valence-electron chi connectivity index (χ1n) is 10.7. The summed E-state index contributed by atoms with van der Waals surface area (Å²) in [6, 6.07) is 13.7. The Hall–Kier alpha value is -2.75. The van der Waals surface area contributed by atoms with Crippen molar-refractivity contribution < 1.29 is 13.2 Å². The molecule has 2 heterocycles. The minimum Gasteiger partial charge on any atom is -0.497 e. The average Bonchev–Trinajstić information content (AvgIpc) is 2.83. The molecule has 0 aliphatic carbocycles. The van der Waals surface area contributed by atoms with E-state index in [1.165, 1.54) is 4.31 Å². The number of para-hydroxylation sites is 1. The zero-order valence-electron chi connectivity index (χ0n) is 18.6. The summed E-state index contributed by atoms with van der Waals surface area (Å²) in [4.78, 5) is 20.1. The Labute approximate surface area is 188 Å². The number of fused-ring (bicyclic) bond motifs is 1. The lowest BCUT2D eigenvalue weighted by molar-refractivity contribution is 0.126. The Morgan fingerprint density at radius 3 is 2.31 bits per heavy atom. The van der Waals surface area contributed by atoms with Crippen molar-refractivity contribution in [2.45, 2.75) is 24.3 Å². The number of hydrogen-bond acceptors (Lipinski definition) is 6. The predicted molar refractivity (Wildman–Crippen MR) is 123 cm³/mol. The molecule has 0 bridgehead atoms. The second-order valence-corrected chi connectivity index (χ2v) is 9.83. The van der Waals surface area contributed by atoms with Gasteiger partial charge in [0.2, 0.25) is 10.0 Å². The van der Waals surface area contributed by atoms with E-state index in [9.17, 15) is 13.2 Å². The van der Waals surface area contributed by atoms with Crippen LogP contribution >= 0.6 is 0 Å². The topological polar surface area (TPSA) is 84.7 Å². The Kier molecular flexibility index (Phi) is 6.32. The largest absolute Gasteiger partial charge is 0.497 e. The highest BCUT2D eigenvalue weighted by atomic mass is 32.2. The smallest absolute Gasteiger partial charge is 0.261 e. The van der Waals surface area contributed by atoms with E-state index >= 15 is 0 Å². The number of methoxy groups -OCH3 is 1. The Balaban J connectivity index is 1.55. The number of rotatable bonds is 6. The van der Waals surface area contributed by atoms with Crippen LogP contribution in [0.15, 0.2) is 58.2 Å². The Morgan fingerprint density at radius 1 is 1.03 bits per heavy atom. The van der Waals surface area contributed by atoms with Gasteiger partial charge in [-0.2, -0.15) is 4.31 Å². The van der Waals surface area contributed by atoms with E-state index in [-0.39, 0.29) is 16.5 Å². The SMILES string of the molecule is CCC(c1nc2ccccc2c(=O)n1C)N1CCN(S(=O)(=O)c2ccc(OC)cc2)CC1.